The minimum Gasteiger partial charge on any atom is -0.384 e. The Kier molecular flexibility index (Phi) is 2.49. The molecule has 1 aromatic heterocycles. The molecule has 17 heavy (non-hydrogen) atoms. The number of pyridine rings is 1. The zero-order chi connectivity index (χ0) is 11.9. The van der Waals surface area contributed by atoms with Crippen LogP contribution in [0.2, 0.25) is 0 Å². The Balaban J connectivity index is 1.83. The van der Waals surface area contributed by atoms with Gasteiger partial charge in [-0.25, -0.2) is 4.98 Å². The highest BCUT2D eigenvalue weighted by molar-refractivity contribution is 5.61. The first-order chi connectivity index (χ1) is 8.20. The third-order valence-electron chi connectivity index (χ3n) is 4.08. The topological polar surface area (TPSA) is 37.0 Å². The van der Waals surface area contributed by atoms with E-state index in [-0.39, 0.29) is 0 Å². The number of rotatable bonds is 3. The molecule has 1 aliphatic heterocycles. The van der Waals surface area contributed by atoms with Crippen LogP contribution >= 0.6 is 0 Å². The first-order valence-corrected chi connectivity index (χ1v) is 6.68. The van der Waals surface area contributed by atoms with Crippen molar-refractivity contribution in [3.63, 3.8) is 0 Å². The maximum atomic E-state index is 4.54. The number of anilines is 2. The lowest BCUT2D eigenvalue weighted by Gasteiger charge is -2.38. The molecule has 2 N–H and O–H groups in total. The van der Waals surface area contributed by atoms with Gasteiger partial charge in [0, 0.05) is 24.1 Å². The molecule has 0 atom stereocenters. The fraction of sp³-hybridized carbons (Fsp3) is 0.643. The van der Waals surface area contributed by atoms with Crippen molar-refractivity contribution in [2.75, 3.05) is 23.7 Å². The van der Waals surface area contributed by atoms with E-state index in [1.54, 1.807) is 0 Å². The summed E-state index contributed by atoms with van der Waals surface area (Å²) in [4.78, 5) is 4.54. The van der Waals surface area contributed by atoms with Gasteiger partial charge in [0.2, 0.25) is 0 Å². The summed E-state index contributed by atoms with van der Waals surface area (Å²) in [5.74, 6) is 1.78. The molecule has 0 unspecified atom stereocenters. The minimum absolute atomic E-state index is 0.415. The van der Waals surface area contributed by atoms with E-state index in [0.717, 1.165) is 18.9 Å². The van der Waals surface area contributed by atoms with Crippen LogP contribution in [0.3, 0.4) is 0 Å². The van der Waals surface area contributed by atoms with E-state index in [4.69, 9.17) is 0 Å². The molecule has 1 spiro atoms. The van der Waals surface area contributed by atoms with Gasteiger partial charge in [-0.15, -0.1) is 0 Å². The van der Waals surface area contributed by atoms with E-state index in [1.165, 1.54) is 30.5 Å². The van der Waals surface area contributed by atoms with Gasteiger partial charge in [-0.3, -0.25) is 0 Å². The van der Waals surface area contributed by atoms with E-state index in [0.29, 0.717) is 11.3 Å². The van der Waals surface area contributed by atoms with Crippen LogP contribution in [0.15, 0.2) is 12.3 Å². The average Bonchev–Trinajstić information content (AvgIpc) is 2.64. The summed E-state index contributed by atoms with van der Waals surface area (Å²) in [6, 6.07) is 2.31. The normalized spacial score (nSPS) is 19.9. The molecule has 0 amide bonds. The Hall–Kier alpha value is -1.25. The number of hydrogen-bond donors (Lipinski definition) is 2. The van der Waals surface area contributed by atoms with Gasteiger partial charge in [-0.05, 0) is 24.8 Å². The van der Waals surface area contributed by atoms with Gasteiger partial charge in [0.25, 0.3) is 0 Å². The summed E-state index contributed by atoms with van der Waals surface area (Å²) < 4.78 is 0. The fourth-order valence-electron chi connectivity index (χ4n) is 2.83. The molecule has 0 radical (unpaired) electrons. The van der Waals surface area contributed by atoms with Crippen LogP contribution in [0.4, 0.5) is 11.5 Å². The summed E-state index contributed by atoms with van der Waals surface area (Å²) in [6.45, 7) is 6.55. The molecule has 92 valence electrons. The lowest BCUT2D eigenvalue weighted by molar-refractivity contribution is 0.272. The summed E-state index contributed by atoms with van der Waals surface area (Å²) in [6.07, 6.45) is 5.96. The highest BCUT2D eigenvalue weighted by Gasteiger charge is 2.44. The number of aromatic nitrogens is 1. The molecule has 3 rings (SSSR count). The Morgan fingerprint density at radius 3 is 2.94 bits per heavy atom. The predicted octanol–water partition coefficient (Wildman–Crippen LogP) is 3.00. The van der Waals surface area contributed by atoms with Gasteiger partial charge in [-0.2, -0.15) is 0 Å². The highest BCUT2D eigenvalue weighted by atomic mass is 15.0. The third-order valence-corrected chi connectivity index (χ3v) is 4.08. The molecule has 1 aliphatic carbocycles. The van der Waals surface area contributed by atoms with E-state index in [9.17, 15) is 0 Å². The van der Waals surface area contributed by atoms with Crippen molar-refractivity contribution in [1.29, 1.82) is 0 Å². The predicted molar refractivity (Wildman–Crippen MR) is 71.6 cm³/mol. The van der Waals surface area contributed by atoms with Gasteiger partial charge in [0.1, 0.15) is 5.82 Å². The van der Waals surface area contributed by atoms with Gasteiger partial charge in [-0.1, -0.05) is 20.3 Å². The lowest BCUT2D eigenvalue weighted by atomic mass is 9.66. The Bertz CT molecular complexity index is 421. The number of nitrogens with one attached hydrogen (secondary N) is 2. The summed E-state index contributed by atoms with van der Waals surface area (Å²) in [7, 11) is 0. The van der Waals surface area contributed by atoms with Crippen LogP contribution in [-0.2, 0) is 5.41 Å². The molecular weight excluding hydrogens is 210 g/mol. The van der Waals surface area contributed by atoms with Crippen LogP contribution < -0.4 is 10.6 Å². The molecule has 0 bridgehead atoms. The van der Waals surface area contributed by atoms with Crippen molar-refractivity contribution in [2.45, 2.75) is 38.5 Å². The number of fused-ring (bicyclic) bond motifs is 2. The van der Waals surface area contributed by atoms with Gasteiger partial charge >= 0.3 is 0 Å². The summed E-state index contributed by atoms with van der Waals surface area (Å²) in [5.41, 5.74) is 3.03. The molecular formula is C14H21N3. The summed E-state index contributed by atoms with van der Waals surface area (Å²) in [5, 5.41) is 6.92. The molecule has 0 aromatic carbocycles. The van der Waals surface area contributed by atoms with E-state index in [2.05, 4.69) is 35.5 Å². The van der Waals surface area contributed by atoms with Crippen LogP contribution in [-0.4, -0.2) is 18.1 Å². The number of nitrogens with zero attached hydrogens (tertiary/aromatic N) is 1. The minimum atomic E-state index is 0.415. The van der Waals surface area contributed by atoms with Crippen molar-refractivity contribution in [1.82, 2.24) is 4.98 Å². The van der Waals surface area contributed by atoms with Crippen LogP contribution in [0.1, 0.15) is 38.7 Å². The summed E-state index contributed by atoms with van der Waals surface area (Å²) >= 11 is 0. The van der Waals surface area contributed by atoms with Gasteiger partial charge < -0.3 is 10.6 Å². The van der Waals surface area contributed by atoms with Gasteiger partial charge in [0.05, 0.1) is 11.9 Å². The lowest BCUT2D eigenvalue weighted by Crippen LogP contribution is -2.35. The van der Waals surface area contributed by atoms with E-state index < -0.39 is 0 Å². The molecule has 3 heteroatoms. The molecule has 1 aromatic rings. The largest absolute Gasteiger partial charge is 0.384 e. The quantitative estimate of drug-likeness (QED) is 0.839. The van der Waals surface area contributed by atoms with Gasteiger partial charge in [0.15, 0.2) is 0 Å². The van der Waals surface area contributed by atoms with E-state index >= 15 is 0 Å². The zero-order valence-electron chi connectivity index (χ0n) is 10.7. The van der Waals surface area contributed by atoms with E-state index in [1.807, 2.05) is 6.20 Å². The maximum absolute atomic E-state index is 4.54. The third kappa shape index (κ3) is 1.78. The van der Waals surface area contributed by atoms with Crippen LogP contribution in [0.5, 0.6) is 0 Å². The molecule has 0 saturated heterocycles. The van der Waals surface area contributed by atoms with Crippen LogP contribution in [0.25, 0.3) is 0 Å². The zero-order valence-corrected chi connectivity index (χ0v) is 10.7. The Labute approximate surface area is 103 Å². The Morgan fingerprint density at radius 2 is 2.29 bits per heavy atom. The second kappa shape index (κ2) is 3.90. The van der Waals surface area contributed by atoms with Crippen molar-refractivity contribution < 1.29 is 0 Å². The van der Waals surface area contributed by atoms with Crippen molar-refractivity contribution in [3.05, 3.63) is 17.8 Å². The average molecular weight is 231 g/mol. The monoisotopic (exact) mass is 231 g/mol. The second-order valence-corrected chi connectivity index (χ2v) is 5.88. The standard InChI is InChI=1S/C14H21N3/c1-10(2)7-15-11-6-12-13(16-8-11)17-9-14(12)4-3-5-14/h6,8,10,15H,3-5,7,9H2,1-2H3,(H,16,17). The first kappa shape index (κ1) is 10.9. The van der Waals surface area contributed by atoms with Crippen molar-refractivity contribution >= 4 is 11.5 Å². The molecule has 2 aliphatic rings. The molecule has 3 nitrogen and oxygen atoms in total. The Morgan fingerprint density at radius 1 is 1.47 bits per heavy atom. The highest BCUT2D eigenvalue weighted by Crippen LogP contribution is 2.49. The van der Waals surface area contributed by atoms with Crippen LogP contribution in [0, 0.1) is 5.92 Å². The number of hydrogen-bond acceptors (Lipinski definition) is 3. The van der Waals surface area contributed by atoms with Crippen molar-refractivity contribution in [2.24, 2.45) is 5.92 Å². The SMILES string of the molecule is CC(C)CNc1cnc2c(c1)C1(CCC1)CN2. The molecule has 1 fully saturated rings. The first-order valence-electron chi connectivity index (χ1n) is 6.68. The van der Waals surface area contributed by atoms with Crippen molar-refractivity contribution in [3.8, 4) is 0 Å². The second-order valence-electron chi connectivity index (χ2n) is 5.88. The smallest absolute Gasteiger partial charge is 0.129 e. The molecule has 1 saturated carbocycles. The maximum Gasteiger partial charge on any atom is 0.129 e. The fourth-order valence-corrected chi connectivity index (χ4v) is 2.83. The molecule has 2 heterocycles.